The first-order valence-corrected chi connectivity index (χ1v) is 6.83. The van der Waals surface area contributed by atoms with Gasteiger partial charge >= 0.3 is 0 Å². The standard InChI is InChI=1S/C15H18N6/c1-11-13(10-20(3)19-11)8-17-14-4-5-15(18-9-14)21-7-6-16-12(21)2/h4-7,9-10,17H,8H2,1-3H3. The highest BCUT2D eigenvalue weighted by Gasteiger charge is 2.04. The van der Waals surface area contributed by atoms with Gasteiger partial charge in [-0.25, -0.2) is 9.97 Å². The summed E-state index contributed by atoms with van der Waals surface area (Å²) >= 11 is 0. The number of aromatic nitrogens is 5. The summed E-state index contributed by atoms with van der Waals surface area (Å²) in [4.78, 5) is 8.66. The van der Waals surface area contributed by atoms with Crippen molar-refractivity contribution in [3.63, 3.8) is 0 Å². The van der Waals surface area contributed by atoms with Crippen molar-refractivity contribution < 1.29 is 0 Å². The van der Waals surface area contributed by atoms with Crippen molar-refractivity contribution in [2.75, 3.05) is 5.32 Å². The van der Waals surface area contributed by atoms with E-state index in [4.69, 9.17) is 0 Å². The molecule has 0 aliphatic rings. The highest BCUT2D eigenvalue weighted by Crippen LogP contribution is 2.13. The summed E-state index contributed by atoms with van der Waals surface area (Å²) in [6, 6.07) is 4.00. The van der Waals surface area contributed by atoms with Gasteiger partial charge in [0.1, 0.15) is 11.6 Å². The van der Waals surface area contributed by atoms with Crippen molar-refractivity contribution in [2.24, 2.45) is 7.05 Å². The Morgan fingerprint density at radius 2 is 2.05 bits per heavy atom. The lowest BCUT2D eigenvalue weighted by Gasteiger charge is -2.07. The molecule has 0 aliphatic heterocycles. The summed E-state index contributed by atoms with van der Waals surface area (Å²) in [7, 11) is 1.93. The van der Waals surface area contributed by atoms with E-state index >= 15 is 0 Å². The molecule has 0 saturated carbocycles. The average molecular weight is 282 g/mol. The minimum atomic E-state index is 0.741. The summed E-state index contributed by atoms with van der Waals surface area (Å²) in [6.07, 6.45) is 7.54. The molecule has 108 valence electrons. The number of imidazole rings is 1. The summed E-state index contributed by atoms with van der Waals surface area (Å²) in [5, 5.41) is 7.69. The fourth-order valence-corrected chi connectivity index (χ4v) is 2.27. The third-order valence-electron chi connectivity index (χ3n) is 3.42. The molecular formula is C15H18N6. The van der Waals surface area contributed by atoms with Gasteiger partial charge in [-0.2, -0.15) is 5.10 Å². The summed E-state index contributed by atoms with van der Waals surface area (Å²) in [5.74, 6) is 1.79. The Labute approximate surface area is 123 Å². The first kappa shape index (κ1) is 13.4. The Bertz CT molecular complexity index is 738. The molecule has 0 amide bonds. The second-order valence-electron chi connectivity index (χ2n) is 5.02. The number of aryl methyl sites for hydroxylation is 3. The van der Waals surface area contributed by atoms with Crippen LogP contribution in [-0.4, -0.2) is 24.3 Å². The van der Waals surface area contributed by atoms with Gasteiger partial charge in [0.15, 0.2) is 0 Å². The van der Waals surface area contributed by atoms with Gasteiger partial charge in [-0.15, -0.1) is 0 Å². The molecule has 0 saturated heterocycles. The third kappa shape index (κ3) is 2.79. The van der Waals surface area contributed by atoms with E-state index in [0.29, 0.717) is 0 Å². The summed E-state index contributed by atoms with van der Waals surface area (Å²) < 4.78 is 3.78. The fraction of sp³-hybridized carbons (Fsp3) is 0.267. The van der Waals surface area contributed by atoms with Gasteiger partial charge in [0.05, 0.1) is 17.6 Å². The second-order valence-corrected chi connectivity index (χ2v) is 5.02. The van der Waals surface area contributed by atoms with Crippen LogP contribution in [0.5, 0.6) is 0 Å². The van der Waals surface area contributed by atoms with Crippen LogP contribution >= 0.6 is 0 Å². The SMILES string of the molecule is Cc1nn(C)cc1CNc1ccc(-n2ccnc2C)nc1. The van der Waals surface area contributed by atoms with Crippen molar-refractivity contribution in [1.29, 1.82) is 0 Å². The highest BCUT2D eigenvalue weighted by molar-refractivity contribution is 5.44. The lowest BCUT2D eigenvalue weighted by molar-refractivity contribution is 0.756. The van der Waals surface area contributed by atoms with Crippen LogP contribution in [0.25, 0.3) is 5.82 Å². The monoisotopic (exact) mass is 282 g/mol. The minimum absolute atomic E-state index is 0.741. The molecule has 3 aromatic rings. The number of pyridine rings is 1. The fourth-order valence-electron chi connectivity index (χ4n) is 2.27. The van der Waals surface area contributed by atoms with Crippen molar-refractivity contribution in [3.8, 4) is 5.82 Å². The van der Waals surface area contributed by atoms with Crippen LogP contribution in [0.3, 0.4) is 0 Å². The number of hydrogen-bond donors (Lipinski definition) is 1. The Balaban J connectivity index is 1.70. The maximum absolute atomic E-state index is 4.46. The molecule has 0 spiro atoms. The van der Waals surface area contributed by atoms with E-state index in [1.165, 1.54) is 5.56 Å². The molecule has 6 nitrogen and oxygen atoms in total. The molecule has 21 heavy (non-hydrogen) atoms. The van der Waals surface area contributed by atoms with Crippen molar-refractivity contribution >= 4 is 5.69 Å². The molecule has 0 atom stereocenters. The van der Waals surface area contributed by atoms with E-state index in [2.05, 4.69) is 20.4 Å². The zero-order valence-electron chi connectivity index (χ0n) is 12.4. The van der Waals surface area contributed by atoms with Crippen molar-refractivity contribution in [3.05, 3.63) is 54.0 Å². The van der Waals surface area contributed by atoms with Crippen LogP contribution < -0.4 is 5.32 Å². The molecule has 0 unspecified atom stereocenters. The second kappa shape index (κ2) is 5.40. The van der Waals surface area contributed by atoms with Gasteiger partial charge in [-0.05, 0) is 26.0 Å². The van der Waals surface area contributed by atoms with Crippen LogP contribution in [0.15, 0.2) is 36.9 Å². The van der Waals surface area contributed by atoms with Crippen LogP contribution in [0.1, 0.15) is 17.1 Å². The normalized spacial score (nSPS) is 10.8. The van der Waals surface area contributed by atoms with E-state index < -0.39 is 0 Å². The summed E-state index contributed by atoms with van der Waals surface area (Å²) in [5.41, 5.74) is 3.22. The quantitative estimate of drug-likeness (QED) is 0.797. The zero-order chi connectivity index (χ0) is 14.8. The van der Waals surface area contributed by atoms with Gasteiger partial charge in [0, 0.05) is 37.7 Å². The van der Waals surface area contributed by atoms with Crippen molar-refractivity contribution in [1.82, 2.24) is 24.3 Å². The predicted molar refractivity (Wildman–Crippen MR) is 81.4 cm³/mol. The molecule has 0 fully saturated rings. The van der Waals surface area contributed by atoms with Crippen LogP contribution in [0.2, 0.25) is 0 Å². The van der Waals surface area contributed by atoms with Gasteiger partial charge in [0.25, 0.3) is 0 Å². The largest absolute Gasteiger partial charge is 0.380 e. The Kier molecular flexibility index (Phi) is 3.43. The molecule has 3 heterocycles. The van der Waals surface area contributed by atoms with Crippen LogP contribution in [-0.2, 0) is 13.6 Å². The highest BCUT2D eigenvalue weighted by atomic mass is 15.3. The van der Waals surface area contributed by atoms with E-state index in [9.17, 15) is 0 Å². The van der Waals surface area contributed by atoms with Gasteiger partial charge in [-0.1, -0.05) is 0 Å². The topological polar surface area (TPSA) is 60.6 Å². The van der Waals surface area contributed by atoms with Crippen LogP contribution in [0.4, 0.5) is 5.69 Å². The molecule has 1 N–H and O–H groups in total. The molecule has 0 bridgehead atoms. The molecule has 3 rings (SSSR count). The predicted octanol–water partition coefficient (Wildman–Crippen LogP) is 2.23. The average Bonchev–Trinajstić information content (AvgIpc) is 3.03. The minimum Gasteiger partial charge on any atom is -0.380 e. The van der Waals surface area contributed by atoms with Gasteiger partial charge < -0.3 is 5.32 Å². The maximum atomic E-state index is 4.46. The van der Waals surface area contributed by atoms with E-state index in [1.54, 1.807) is 6.20 Å². The van der Waals surface area contributed by atoms with Gasteiger partial charge in [-0.3, -0.25) is 9.25 Å². The van der Waals surface area contributed by atoms with E-state index in [-0.39, 0.29) is 0 Å². The first-order valence-electron chi connectivity index (χ1n) is 6.83. The Hall–Kier alpha value is -2.63. The number of nitrogens with one attached hydrogen (secondary N) is 1. The smallest absolute Gasteiger partial charge is 0.138 e. The number of rotatable bonds is 4. The van der Waals surface area contributed by atoms with Crippen molar-refractivity contribution in [2.45, 2.75) is 20.4 Å². The lowest BCUT2D eigenvalue weighted by atomic mass is 10.2. The Morgan fingerprint density at radius 3 is 2.62 bits per heavy atom. The molecular weight excluding hydrogens is 264 g/mol. The number of anilines is 1. The molecule has 3 aromatic heterocycles. The molecule has 0 aliphatic carbocycles. The Morgan fingerprint density at radius 1 is 1.19 bits per heavy atom. The zero-order valence-corrected chi connectivity index (χ0v) is 12.4. The van der Waals surface area contributed by atoms with E-state index in [0.717, 1.165) is 29.6 Å². The summed E-state index contributed by atoms with van der Waals surface area (Å²) in [6.45, 7) is 4.71. The maximum Gasteiger partial charge on any atom is 0.138 e. The lowest BCUT2D eigenvalue weighted by Crippen LogP contribution is -2.02. The first-order chi connectivity index (χ1) is 10.1. The number of nitrogens with zero attached hydrogens (tertiary/aromatic N) is 5. The molecule has 0 radical (unpaired) electrons. The van der Waals surface area contributed by atoms with Gasteiger partial charge in [0.2, 0.25) is 0 Å². The molecule has 0 aromatic carbocycles. The number of hydrogen-bond acceptors (Lipinski definition) is 4. The molecule has 6 heteroatoms. The third-order valence-corrected chi connectivity index (χ3v) is 3.42. The van der Waals surface area contributed by atoms with E-state index in [1.807, 2.05) is 60.9 Å². The van der Waals surface area contributed by atoms with Crippen LogP contribution in [0, 0.1) is 13.8 Å².